The minimum Gasteiger partial charge on any atom is -0.326 e. The summed E-state index contributed by atoms with van der Waals surface area (Å²) in [4.78, 5) is 0. The molecule has 1 aliphatic heterocycles. The fraction of sp³-hybridized carbons (Fsp3) is 0.455. The first-order valence-electron chi connectivity index (χ1n) is 5.12. The zero-order valence-electron chi connectivity index (χ0n) is 8.34. The minimum atomic E-state index is -0.817. The van der Waals surface area contributed by atoms with E-state index in [0.29, 0.717) is 0 Å². The van der Waals surface area contributed by atoms with Gasteiger partial charge in [-0.25, -0.2) is 8.78 Å². The van der Waals surface area contributed by atoms with Gasteiger partial charge in [-0.2, -0.15) is 0 Å². The zero-order valence-corrected chi connectivity index (χ0v) is 8.34. The molecule has 0 unspecified atom stereocenters. The predicted octanol–water partition coefficient (Wildman–Crippen LogP) is 1.72. The largest absolute Gasteiger partial charge is 0.326 e. The fourth-order valence-electron chi connectivity index (χ4n) is 1.98. The molecule has 15 heavy (non-hydrogen) atoms. The minimum absolute atomic E-state index is 0.0244. The van der Waals surface area contributed by atoms with Crippen molar-refractivity contribution >= 4 is 0 Å². The van der Waals surface area contributed by atoms with Crippen LogP contribution in [-0.4, -0.2) is 12.6 Å². The Morgan fingerprint density at radius 1 is 1.27 bits per heavy atom. The second-order valence-electron chi connectivity index (χ2n) is 3.91. The standard InChI is InChI=1S/C11H14F2N2/c12-8-4-3-7(6-9(8)13)11-10(14)2-1-5-15-11/h3-4,6,10-11,15H,1-2,5,14H2/t10-,11-/m1/s1. The third-order valence-electron chi connectivity index (χ3n) is 2.81. The Balaban J connectivity index is 2.24. The second-order valence-corrected chi connectivity index (χ2v) is 3.91. The number of nitrogens with one attached hydrogen (secondary N) is 1. The van der Waals surface area contributed by atoms with Crippen molar-refractivity contribution in [2.75, 3.05) is 6.54 Å². The van der Waals surface area contributed by atoms with E-state index in [2.05, 4.69) is 5.32 Å². The van der Waals surface area contributed by atoms with Crippen LogP contribution in [-0.2, 0) is 0 Å². The van der Waals surface area contributed by atoms with Gasteiger partial charge in [0.25, 0.3) is 0 Å². The molecule has 1 saturated heterocycles. The normalized spacial score (nSPS) is 26.6. The fourth-order valence-corrected chi connectivity index (χ4v) is 1.98. The van der Waals surface area contributed by atoms with Gasteiger partial charge >= 0.3 is 0 Å². The summed E-state index contributed by atoms with van der Waals surface area (Å²) in [5, 5.41) is 3.22. The van der Waals surface area contributed by atoms with Crippen LogP contribution in [0, 0.1) is 11.6 Å². The Labute approximate surface area is 87.5 Å². The van der Waals surface area contributed by atoms with E-state index in [0.717, 1.165) is 31.0 Å². The lowest BCUT2D eigenvalue weighted by molar-refractivity contribution is 0.356. The average Bonchev–Trinajstić information content (AvgIpc) is 2.23. The zero-order chi connectivity index (χ0) is 10.8. The predicted molar refractivity (Wildman–Crippen MR) is 54.3 cm³/mol. The Morgan fingerprint density at radius 3 is 2.73 bits per heavy atom. The van der Waals surface area contributed by atoms with Crippen molar-refractivity contribution < 1.29 is 8.78 Å². The highest BCUT2D eigenvalue weighted by molar-refractivity contribution is 5.23. The Hall–Kier alpha value is -1.00. The number of rotatable bonds is 1. The number of benzene rings is 1. The molecule has 2 atom stereocenters. The molecule has 1 aromatic carbocycles. The van der Waals surface area contributed by atoms with Gasteiger partial charge in [0.15, 0.2) is 11.6 Å². The molecule has 0 bridgehead atoms. The topological polar surface area (TPSA) is 38.0 Å². The molecule has 1 aromatic rings. The van der Waals surface area contributed by atoms with Crippen molar-refractivity contribution in [3.8, 4) is 0 Å². The molecule has 0 radical (unpaired) electrons. The van der Waals surface area contributed by atoms with Crippen molar-refractivity contribution in [2.24, 2.45) is 5.73 Å². The maximum Gasteiger partial charge on any atom is 0.159 e. The maximum absolute atomic E-state index is 13.0. The van der Waals surface area contributed by atoms with Crippen molar-refractivity contribution in [2.45, 2.75) is 24.9 Å². The van der Waals surface area contributed by atoms with E-state index in [4.69, 9.17) is 5.73 Å². The SMILES string of the molecule is N[C@@H]1CCCN[C@@H]1c1ccc(F)c(F)c1. The first-order chi connectivity index (χ1) is 7.18. The van der Waals surface area contributed by atoms with Crippen LogP contribution in [0.5, 0.6) is 0 Å². The van der Waals surface area contributed by atoms with Crippen LogP contribution in [0.1, 0.15) is 24.4 Å². The molecule has 0 aliphatic carbocycles. The van der Waals surface area contributed by atoms with E-state index >= 15 is 0 Å². The lowest BCUT2D eigenvalue weighted by atomic mass is 9.93. The summed E-state index contributed by atoms with van der Waals surface area (Å²) in [5.41, 5.74) is 6.64. The van der Waals surface area contributed by atoms with Gasteiger partial charge in [0.1, 0.15) is 0 Å². The van der Waals surface area contributed by atoms with Gasteiger partial charge < -0.3 is 11.1 Å². The first kappa shape index (κ1) is 10.5. The van der Waals surface area contributed by atoms with Gasteiger partial charge in [-0.1, -0.05) is 6.07 Å². The number of piperidine rings is 1. The van der Waals surface area contributed by atoms with E-state index in [1.54, 1.807) is 6.07 Å². The number of hydrogen-bond acceptors (Lipinski definition) is 2. The smallest absolute Gasteiger partial charge is 0.159 e. The summed E-state index contributed by atoms with van der Waals surface area (Å²) in [6.45, 7) is 0.872. The second kappa shape index (κ2) is 4.24. The summed E-state index contributed by atoms with van der Waals surface area (Å²) in [6.07, 6.45) is 1.94. The molecule has 0 spiro atoms. The van der Waals surface area contributed by atoms with Crippen LogP contribution in [0.4, 0.5) is 8.78 Å². The molecule has 0 aromatic heterocycles. The van der Waals surface area contributed by atoms with Gasteiger partial charge in [0.05, 0.1) is 0 Å². The molecule has 4 heteroatoms. The molecule has 1 heterocycles. The van der Waals surface area contributed by atoms with Crippen LogP contribution in [0.15, 0.2) is 18.2 Å². The molecule has 1 aliphatic rings. The molecule has 82 valence electrons. The summed E-state index contributed by atoms with van der Waals surface area (Å²) < 4.78 is 25.8. The monoisotopic (exact) mass is 212 g/mol. The third kappa shape index (κ3) is 2.16. The van der Waals surface area contributed by atoms with Gasteiger partial charge in [0, 0.05) is 12.1 Å². The van der Waals surface area contributed by atoms with Crippen molar-refractivity contribution in [3.63, 3.8) is 0 Å². The highest BCUT2D eigenvalue weighted by Gasteiger charge is 2.23. The Morgan fingerprint density at radius 2 is 2.07 bits per heavy atom. The maximum atomic E-state index is 13.0. The molecule has 0 amide bonds. The molecule has 0 saturated carbocycles. The summed E-state index contributed by atoms with van der Waals surface area (Å²) in [5.74, 6) is -1.63. The van der Waals surface area contributed by atoms with E-state index in [-0.39, 0.29) is 12.1 Å². The van der Waals surface area contributed by atoms with Gasteiger partial charge in [-0.05, 0) is 37.1 Å². The molecular formula is C11H14F2N2. The van der Waals surface area contributed by atoms with E-state index in [1.807, 2.05) is 0 Å². The molecule has 2 rings (SSSR count). The van der Waals surface area contributed by atoms with Gasteiger partial charge in [-0.15, -0.1) is 0 Å². The summed E-state index contributed by atoms with van der Waals surface area (Å²) in [7, 11) is 0. The highest BCUT2D eigenvalue weighted by atomic mass is 19.2. The quantitative estimate of drug-likeness (QED) is 0.743. The van der Waals surface area contributed by atoms with Crippen LogP contribution < -0.4 is 11.1 Å². The third-order valence-corrected chi connectivity index (χ3v) is 2.81. The summed E-state index contributed by atoms with van der Waals surface area (Å²) in [6, 6.07) is 3.87. The molecular weight excluding hydrogens is 198 g/mol. The number of nitrogens with two attached hydrogens (primary N) is 1. The Bertz CT molecular complexity index is 354. The van der Waals surface area contributed by atoms with E-state index < -0.39 is 11.6 Å². The van der Waals surface area contributed by atoms with Gasteiger partial charge in [0.2, 0.25) is 0 Å². The number of hydrogen-bond donors (Lipinski definition) is 2. The summed E-state index contributed by atoms with van der Waals surface area (Å²) >= 11 is 0. The Kier molecular flexibility index (Phi) is 2.98. The van der Waals surface area contributed by atoms with Gasteiger partial charge in [-0.3, -0.25) is 0 Å². The van der Waals surface area contributed by atoms with E-state index in [1.165, 1.54) is 6.07 Å². The van der Waals surface area contributed by atoms with E-state index in [9.17, 15) is 8.78 Å². The van der Waals surface area contributed by atoms with Crippen LogP contribution in [0.3, 0.4) is 0 Å². The highest BCUT2D eigenvalue weighted by Crippen LogP contribution is 2.23. The lowest BCUT2D eigenvalue weighted by Crippen LogP contribution is -2.42. The molecule has 3 N–H and O–H groups in total. The molecule has 2 nitrogen and oxygen atoms in total. The van der Waals surface area contributed by atoms with Crippen molar-refractivity contribution in [3.05, 3.63) is 35.4 Å². The lowest BCUT2D eigenvalue weighted by Gasteiger charge is -2.30. The van der Waals surface area contributed by atoms with Crippen molar-refractivity contribution in [1.82, 2.24) is 5.32 Å². The average molecular weight is 212 g/mol. The van der Waals surface area contributed by atoms with Crippen LogP contribution >= 0.6 is 0 Å². The van der Waals surface area contributed by atoms with Crippen molar-refractivity contribution in [1.29, 1.82) is 0 Å². The van der Waals surface area contributed by atoms with Crippen LogP contribution in [0.2, 0.25) is 0 Å². The first-order valence-corrected chi connectivity index (χ1v) is 5.12. The molecule has 1 fully saturated rings. The number of halogens is 2. The van der Waals surface area contributed by atoms with Crippen LogP contribution in [0.25, 0.3) is 0 Å².